The minimum Gasteiger partial charge on any atom is -0.394 e. The van der Waals surface area contributed by atoms with E-state index in [-0.39, 0.29) is 36.1 Å². The molecule has 71 heavy (non-hydrogen) atoms. The van der Waals surface area contributed by atoms with Crippen molar-refractivity contribution in [2.24, 2.45) is 29.1 Å². The molecule has 7 fully saturated rings. The Labute approximate surface area is 417 Å². The van der Waals surface area contributed by atoms with Crippen molar-refractivity contribution in [2.75, 3.05) is 26.4 Å². The molecule has 7 radical (unpaired) electrons. The van der Waals surface area contributed by atoms with E-state index in [4.69, 9.17) is 37.9 Å². The first kappa shape index (κ1) is 56.2. The molecule has 0 aromatic rings. The van der Waals surface area contributed by atoms with Crippen LogP contribution in [0.15, 0.2) is 11.6 Å². The van der Waals surface area contributed by atoms with Crippen molar-refractivity contribution >= 4 is 0 Å². The fourth-order valence-electron chi connectivity index (χ4n) is 12.4. The highest BCUT2D eigenvalue weighted by Gasteiger charge is 2.57. The topological polar surface area (TPSA) is 317 Å². The summed E-state index contributed by atoms with van der Waals surface area (Å²) in [6.07, 6.45) is -9.94. The maximum Gasteiger partial charge on any atom is 0.187 e. The summed E-state index contributed by atoms with van der Waals surface area (Å²) >= 11 is 0. The molecule has 8 rings (SSSR count). The van der Waals surface area contributed by atoms with Crippen LogP contribution >= 0.6 is 0 Å². The standard InChI is InChI=1S/C51H79O20/c1-23(25-10-11-27-26(25)12-13-29-28(27)14-16-31-30(29)15-18-35(50(31,2)3)69-37-8-6-7-24(19-52)65-37)9-17-36(51(4,5)63)70-49-46(71-48-45(62)42(59)39(56)33(21-54)67-48)43(60)40(57)34(68-49)22-64-47-44(61)41(58)38(55)32(20-53)66-47/h6-8,13,16,23-25,28,30,32-49,52-63H,9-12,14-15,17-22H2,1-5H3/t23-,24-,25-,28-,30+,32-,33-,34-,35+,36+,37+,38-,39+,40-,41+,42-,43+,44-,45+,46-,47-,48-,49+/m1/s1. The van der Waals surface area contributed by atoms with Gasteiger partial charge in [-0.1, -0.05) is 32.4 Å². The van der Waals surface area contributed by atoms with Gasteiger partial charge in [-0.15, -0.1) is 0 Å². The Bertz CT molecular complexity index is 1730. The van der Waals surface area contributed by atoms with Gasteiger partial charge in [-0.25, -0.2) is 0 Å². The molecule has 20 nitrogen and oxygen atoms in total. The van der Waals surface area contributed by atoms with Gasteiger partial charge < -0.3 is 99.2 Å². The molecule has 23 atom stereocenters. The summed E-state index contributed by atoms with van der Waals surface area (Å²) in [5.74, 6) is 5.65. The Hall–Kier alpha value is -1.06. The molecule has 4 saturated heterocycles. The highest BCUT2D eigenvalue weighted by Crippen LogP contribution is 2.63. The predicted octanol–water partition coefficient (Wildman–Crippen LogP) is -1.15. The zero-order valence-electron chi connectivity index (χ0n) is 41.3. The molecule has 8 aliphatic rings. The fraction of sp³-hybridized carbons (Fsp3) is 0.824. The highest BCUT2D eigenvalue weighted by molar-refractivity contribution is 5.46. The molecule has 403 valence electrons. The number of aliphatic hydroxyl groups is 12. The maximum absolute atomic E-state index is 11.7. The molecule has 4 aliphatic carbocycles. The van der Waals surface area contributed by atoms with E-state index in [1.807, 2.05) is 19.3 Å². The van der Waals surface area contributed by atoms with Gasteiger partial charge in [0.05, 0.1) is 50.3 Å². The third-order valence-electron chi connectivity index (χ3n) is 16.7. The summed E-state index contributed by atoms with van der Waals surface area (Å²) in [4.78, 5) is 0. The monoisotopic (exact) mass is 1010 g/mol. The van der Waals surface area contributed by atoms with Crippen molar-refractivity contribution in [2.45, 2.75) is 208 Å². The van der Waals surface area contributed by atoms with Crippen LogP contribution in [0.2, 0.25) is 0 Å². The van der Waals surface area contributed by atoms with Crippen LogP contribution in [0.1, 0.15) is 86.0 Å². The summed E-state index contributed by atoms with van der Waals surface area (Å²) in [6.45, 7) is 7.68. The molecule has 0 bridgehead atoms. The number of aliphatic hydroxyl groups excluding tert-OH is 11. The van der Waals surface area contributed by atoms with E-state index in [1.54, 1.807) is 13.8 Å². The third kappa shape index (κ3) is 11.6. The van der Waals surface area contributed by atoms with Gasteiger partial charge in [0, 0.05) is 11.8 Å². The van der Waals surface area contributed by atoms with Gasteiger partial charge in [0.2, 0.25) is 0 Å². The summed E-state index contributed by atoms with van der Waals surface area (Å²) in [6, 6.07) is 0. The average molecular weight is 1010 g/mol. The normalized spacial score (nSPS) is 45.6. The van der Waals surface area contributed by atoms with E-state index in [1.165, 1.54) is 23.3 Å². The molecule has 12 N–H and O–H groups in total. The molecule has 3 saturated carbocycles. The first-order chi connectivity index (χ1) is 33.7. The lowest BCUT2D eigenvalue weighted by Gasteiger charge is -2.54. The predicted molar refractivity (Wildman–Crippen MR) is 246 cm³/mol. The van der Waals surface area contributed by atoms with Crippen LogP contribution in [-0.2, 0) is 37.9 Å². The lowest BCUT2D eigenvalue weighted by molar-refractivity contribution is -0.380. The average Bonchev–Trinajstić information content (AvgIpc) is 3.79. The Morgan fingerprint density at radius 2 is 1.34 bits per heavy atom. The van der Waals surface area contributed by atoms with Crippen molar-refractivity contribution in [3.63, 3.8) is 0 Å². The molecule has 4 aliphatic heterocycles. The van der Waals surface area contributed by atoms with E-state index in [0.29, 0.717) is 24.7 Å². The zero-order valence-corrected chi connectivity index (χ0v) is 41.3. The number of hydrogen-bond donors (Lipinski definition) is 12. The number of fused-ring (bicyclic) bond motifs is 5. The smallest absolute Gasteiger partial charge is 0.187 e. The van der Waals surface area contributed by atoms with Crippen LogP contribution in [0.5, 0.6) is 0 Å². The van der Waals surface area contributed by atoms with Crippen LogP contribution in [-0.4, -0.2) is 210 Å². The first-order valence-electron chi connectivity index (χ1n) is 25.5. The molecule has 0 unspecified atom stereocenters. The number of rotatable bonds is 17. The SMILES string of the molecule is C[C@H](CC[C@H](O[C@@H]1O[C@H](CO[C@@H]2O[C@H](CO)[C@@H](O)[C@H](O)[C@H]2O)[C@@H](O)[C@H](O)[C@H]1O[C@H]1O[C@H](CO)[C@H](O)[C@@H](O)[C@@H]1O)C(C)(C)O)[C@H]1CC[C]2[C]1C[CH][C]1[C@@H]2CC=C2[C@H]1CC[C@H](O[C@H]1[CH][CH][CH][C@H](CO)O1)C2(C)C. The van der Waals surface area contributed by atoms with E-state index < -0.39 is 130 Å². The van der Waals surface area contributed by atoms with E-state index in [9.17, 15) is 61.3 Å². The van der Waals surface area contributed by atoms with Gasteiger partial charge in [0.25, 0.3) is 0 Å². The van der Waals surface area contributed by atoms with E-state index in [0.717, 1.165) is 38.5 Å². The fourth-order valence-corrected chi connectivity index (χ4v) is 12.4. The largest absolute Gasteiger partial charge is 0.394 e. The summed E-state index contributed by atoms with van der Waals surface area (Å²) in [5.41, 5.74) is -0.311. The van der Waals surface area contributed by atoms with Gasteiger partial charge in [0.15, 0.2) is 25.2 Å². The van der Waals surface area contributed by atoms with Gasteiger partial charge in [-0.3, -0.25) is 0 Å². The van der Waals surface area contributed by atoms with E-state index in [2.05, 4.69) is 33.3 Å². The van der Waals surface area contributed by atoms with Gasteiger partial charge >= 0.3 is 0 Å². The molecule has 0 amide bonds. The van der Waals surface area contributed by atoms with Gasteiger partial charge in [-0.05, 0) is 126 Å². The van der Waals surface area contributed by atoms with Crippen LogP contribution in [0.4, 0.5) is 0 Å². The Morgan fingerprint density at radius 3 is 2.00 bits per heavy atom. The maximum atomic E-state index is 11.7. The third-order valence-corrected chi connectivity index (χ3v) is 16.7. The highest BCUT2D eigenvalue weighted by atomic mass is 16.8. The lowest BCUT2D eigenvalue weighted by atomic mass is 9.52. The van der Waals surface area contributed by atoms with Crippen LogP contribution in [0.3, 0.4) is 0 Å². The van der Waals surface area contributed by atoms with Gasteiger partial charge in [0.1, 0.15) is 73.2 Å². The molecule has 0 aromatic heterocycles. The molecular weight excluding hydrogens is 933 g/mol. The van der Waals surface area contributed by atoms with Gasteiger partial charge in [-0.2, -0.15) is 0 Å². The van der Waals surface area contributed by atoms with Crippen LogP contribution in [0, 0.1) is 72.5 Å². The minimum atomic E-state index is -1.89. The van der Waals surface area contributed by atoms with Crippen molar-refractivity contribution in [3.05, 3.63) is 55.1 Å². The zero-order chi connectivity index (χ0) is 51.3. The molecule has 20 heteroatoms. The molecule has 0 spiro atoms. The van der Waals surface area contributed by atoms with Crippen molar-refractivity contribution in [1.82, 2.24) is 0 Å². The van der Waals surface area contributed by atoms with Crippen molar-refractivity contribution in [1.29, 1.82) is 0 Å². The van der Waals surface area contributed by atoms with Crippen LogP contribution in [0.25, 0.3) is 0 Å². The van der Waals surface area contributed by atoms with E-state index >= 15 is 0 Å². The molecular formula is C51H79O20. The number of allylic oxidation sites excluding steroid dienone is 1. The second kappa shape index (κ2) is 23.3. The number of hydrogen-bond acceptors (Lipinski definition) is 20. The summed E-state index contributed by atoms with van der Waals surface area (Å²) in [7, 11) is 0. The quantitative estimate of drug-likeness (QED) is 0.0766. The minimum absolute atomic E-state index is 0.0382. The second-order valence-electron chi connectivity index (χ2n) is 22.0. The first-order valence-corrected chi connectivity index (χ1v) is 25.5. The Morgan fingerprint density at radius 1 is 0.690 bits per heavy atom. The van der Waals surface area contributed by atoms with Crippen molar-refractivity contribution in [3.8, 4) is 0 Å². The van der Waals surface area contributed by atoms with Crippen molar-refractivity contribution < 1.29 is 99.2 Å². The number of ether oxygens (including phenoxy) is 8. The van der Waals surface area contributed by atoms with Crippen LogP contribution < -0.4 is 0 Å². The molecule has 4 heterocycles. The lowest BCUT2D eigenvalue weighted by Crippen LogP contribution is -2.65. The Kier molecular flexibility index (Phi) is 18.4. The second-order valence-corrected chi connectivity index (χ2v) is 22.0. The molecule has 0 aromatic carbocycles. The summed E-state index contributed by atoms with van der Waals surface area (Å²) in [5, 5.41) is 127. The summed E-state index contributed by atoms with van der Waals surface area (Å²) < 4.78 is 47.9. The Balaban J connectivity index is 0.931.